The molecule has 1 unspecified atom stereocenters. The molecule has 0 bridgehead atoms. The molecule has 0 aliphatic carbocycles. The number of anilines is 2. The number of carbonyl (C=O) groups excluding carboxylic acids is 1. The number of methoxy groups -OCH3 is 2. The van der Waals surface area contributed by atoms with Crippen LogP contribution in [0.25, 0.3) is 5.65 Å². The van der Waals surface area contributed by atoms with E-state index in [0.717, 1.165) is 31.0 Å². The second-order valence-corrected chi connectivity index (χ2v) is 7.05. The Morgan fingerprint density at radius 2 is 2.03 bits per heavy atom. The highest BCUT2D eigenvalue weighted by Gasteiger charge is 2.27. The molecule has 0 spiro atoms. The molecule has 1 fully saturated rings. The number of carbonyl (C=O) groups is 1. The second-order valence-electron chi connectivity index (χ2n) is 7.05. The molecule has 1 atom stereocenters. The van der Waals surface area contributed by atoms with E-state index in [4.69, 9.17) is 9.47 Å². The Kier molecular flexibility index (Phi) is 5.20. The van der Waals surface area contributed by atoms with E-state index < -0.39 is 0 Å². The zero-order chi connectivity index (χ0) is 20.4. The van der Waals surface area contributed by atoms with Crippen LogP contribution in [0.2, 0.25) is 0 Å². The van der Waals surface area contributed by atoms with Gasteiger partial charge in [-0.1, -0.05) is 0 Å². The van der Waals surface area contributed by atoms with Crippen LogP contribution in [0.3, 0.4) is 0 Å². The standard InChI is InChI=1S/C20H24N6O3/c1-13-22-23-18-8-9-19(24-26(13)18)25-10-4-5-14(12-25)20(27)21-16-7-6-15(28-2)11-17(16)29-3/h6-9,11,14H,4-5,10,12H2,1-3H3,(H,21,27). The smallest absolute Gasteiger partial charge is 0.229 e. The highest BCUT2D eigenvalue weighted by atomic mass is 16.5. The van der Waals surface area contributed by atoms with Gasteiger partial charge in [0.15, 0.2) is 11.5 Å². The lowest BCUT2D eigenvalue weighted by atomic mass is 9.97. The van der Waals surface area contributed by atoms with E-state index in [0.29, 0.717) is 29.4 Å². The predicted octanol–water partition coefficient (Wildman–Crippen LogP) is 2.31. The van der Waals surface area contributed by atoms with Crippen molar-refractivity contribution in [2.45, 2.75) is 19.8 Å². The molecule has 9 nitrogen and oxygen atoms in total. The second kappa shape index (κ2) is 7.94. The van der Waals surface area contributed by atoms with Crippen LogP contribution in [0.5, 0.6) is 11.5 Å². The number of nitrogens with one attached hydrogen (secondary N) is 1. The fourth-order valence-corrected chi connectivity index (χ4v) is 3.59. The van der Waals surface area contributed by atoms with Gasteiger partial charge in [0.25, 0.3) is 0 Å². The molecule has 1 aromatic carbocycles. The third-order valence-corrected chi connectivity index (χ3v) is 5.19. The maximum Gasteiger partial charge on any atom is 0.229 e. The Morgan fingerprint density at radius 1 is 1.17 bits per heavy atom. The topological polar surface area (TPSA) is 93.9 Å². The van der Waals surface area contributed by atoms with Gasteiger partial charge in [0, 0.05) is 19.2 Å². The molecular formula is C20H24N6O3. The molecule has 1 aliphatic heterocycles. The van der Waals surface area contributed by atoms with Gasteiger partial charge in [-0.2, -0.15) is 4.52 Å². The minimum absolute atomic E-state index is 0.0280. The van der Waals surface area contributed by atoms with Crippen LogP contribution < -0.4 is 19.7 Å². The lowest BCUT2D eigenvalue weighted by Crippen LogP contribution is -2.41. The van der Waals surface area contributed by atoms with E-state index in [-0.39, 0.29) is 11.8 Å². The Labute approximate surface area is 168 Å². The third kappa shape index (κ3) is 3.80. The van der Waals surface area contributed by atoms with Crippen LogP contribution in [-0.2, 0) is 4.79 Å². The van der Waals surface area contributed by atoms with Crippen molar-refractivity contribution >= 4 is 23.1 Å². The van der Waals surface area contributed by atoms with Crippen molar-refractivity contribution in [1.82, 2.24) is 19.8 Å². The SMILES string of the molecule is COc1ccc(NC(=O)C2CCCN(c3ccc4nnc(C)n4n3)C2)c(OC)c1. The minimum Gasteiger partial charge on any atom is -0.497 e. The summed E-state index contributed by atoms with van der Waals surface area (Å²) in [6.45, 7) is 3.32. The minimum atomic E-state index is -0.143. The number of rotatable bonds is 5. The number of hydrogen-bond acceptors (Lipinski definition) is 7. The van der Waals surface area contributed by atoms with Gasteiger partial charge in [0.1, 0.15) is 17.3 Å². The third-order valence-electron chi connectivity index (χ3n) is 5.19. The normalized spacial score (nSPS) is 16.7. The highest BCUT2D eigenvalue weighted by molar-refractivity contribution is 5.94. The Hall–Kier alpha value is -3.36. The van der Waals surface area contributed by atoms with Gasteiger partial charge in [-0.25, -0.2) is 0 Å². The number of aryl methyl sites for hydroxylation is 1. The average molecular weight is 396 g/mol. The largest absolute Gasteiger partial charge is 0.497 e. The molecule has 0 saturated carbocycles. The lowest BCUT2D eigenvalue weighted by molar-refractivity contribution is -0.120. The van der Waals surface area contributed by atoms with Crippen molar-refractivity contribution in [2.75, 3.05) is 37.5 Å². The molecule has 152 valence electrons. The molecule has 4 rings (SSSR count). The van der Waals surface area contributed by atoms with Crippen molar-refractivity contribution in [3.05, 3.63) is 36.2 Å². The van der Waals surface area contributed by atoms with Crippen LogP contribution >= 0.6 is 0 Å². The summed E-state index contributed by atoms with van der Waals surface area (Å²) in [5.74, 6) is 2.63. The number of aromatic nitrogens is 4. The van der Waals surface area contributed by atoms with Crippen molar-refractivity contribution in [3.63, 3.8) is 0 Å². The van der Waals surface area contributed by atoms with Crippen molar-refractivity contribution in [1.29, 1.82) is 0 Å². The van der Waals surface area contributed by atoms with Crippen LogP contribution in [0.1, 0.15) is 18.7 Å². The van der Waals surface area contributed by atoms with E-state index in [9.17, 15) is 4.79 Å². The molecule has 1 saturated heterocycles. The molecule has 1 aliphatic rings. The Morgan fingerprint density at radius 3 is 2.83 bits per heavy atom. The van der Waals surface area contributed by atoms with Gasteiger partial charge < -0.3 is 19.7 Å². The predicted molar refractivity (Wildman–Crippen MR) is 109 cm³/mol. The Balaban J connectivity index is 1.49. The molecule has 3 aromatic rings. The van der Waals surface area contributed by atoms with Gasteiger partial charge in [-0.15, -0.1) is 15.3 Å². The lowest BCUT2D eigenvalue weighted by Gasteiger charge is -2.32. The first kappa shape index (κ1) is 19.0. The first-order valence-corrected chi connectivity index (χ1v) is 9.56. The Bertz CT molecular complexity index is 1030. The summed E-state index contributed by atoms with van der Waals surface area (Å²) in [6, 6.07) is 9.17. The van der Waals surface area contributed by atoms with Gasteiger partial charge in [-0.3, -0.25) is 4.79 Å². The van der Waals surface area contributed by atoms with E-state index in [1.54, 1.807) is 36.9 Å². The summed E-state index contributed by atoms with van der Waals surface area (Å²) < 4.78 is 12.3. The van der Waals surface area contributed by atoms with Gasteiger partial charge in [-0.05, 0) is 44.0 Å². The summed E-state index contributed by atoms with van der Waals surface area (Å²) in [4.78, 5) is 15.1. The summed E-state index contributed by atoms with van der Waals surface area (Å²) in [7, 11) is 3.16. The van der Waals surface area contributed by atoms with Crippen LogP contribution in [0.4, 0.5) is 11.5 Å². The quantitative estimate of drug-likeness (QED) is 0.707. The van der Waals surface area contributed by atoms with E-state index in [2.05, 4.69) is 25.5 Å². The highest BCUT2D eigenvalue weighted by Crippen LogP contribution is 2.30. The van der Waals surface area contributed by atoms with Crippen LogP contribution in [0, 0.1) is 12.8 Å². The number of benzene rings is 1. The maximum absolute atomic E-state index is 12.9. The number of ether oxygens (including phenoxy) is 2. The first-order chi connectivity index (χ1) is 14.1. The molecule has 1 N–H and O–H groups in total. The van der Waals surface area contributed by atoms with Crippen LogP contribution in [0.15, 0.2) is 30.3 Å². The molecular weight excluding hydrogens is 372 g/mol. The maximum atomic E-state index is 12.9. The molecule has 9 heteroatoms. The van der Waals surface area contributed by atoms with E-state index in [1.807, 2.05) is 19.1 Å². The average Bonchev–Trinajstić information content (AvgIpc) is 3.14. The van der Waals surface area contributed by atoms with Crippen molar-refractivity contribution in [3.8, 4) is 11.5 Å². The number of hydrogen-bond donors (Lipinski definition) is 1. The summed E-state index contributed by atoms with van der Waals surface area (Å²) >= 11 is 0. The molecule has 0 radical (unpaired) electrons. The van der Waals surface area contributed by atoms with Crippen molar-refractivity contribution in [2.24, 2.45) is 5.92 Å². The molecule has 1 amide bonds. The summed E-state index contributed by atoms with van der Waals surface area (Å²) in [6.07, 6.45) is 1.74. The van der Waals surface area contributed by atoms with Gasteiger partial charge >= 0.3 is 0 Å². The van der Waals surface area contributed by atoms with E-state index in [1.165, 1.54) is 0 Å². The molecule has 2 aromatic heterocycles. The number of fused-ring (bicyclic) bond motifs is 1. The van der Waals surface area contributed by atoms with Gasteiger partial charge in [0.2, 0.25) is 5.91 Å². The number of nitrogens with zero attached hydrogens (tertiary/aromatic N) is 5. The zero-order valence-electron chi connectivity index (χ0n) is 16.8. The fraction of sp³-hybridized carbons (Fsp3) is 0.400. The molecule has 3 heterocycles. The van der Waals surface area contributed by atoms with E-state index >= 15 is 0 Å². The summed E-state index contributed by atoms with van der Waals surface area (Å²) in [5.41, 5.74) is 1.35. The number of piperidine rings is 1. The molecule has 29 heavy (non-hydrogen) atoms. The van der Waals surface area contributed by atoms with Crippen molar-refractivity contribution < 1.29 is 14.3 Å². The fourth-order valence-electron chi connectivity index (χ4n) is 3.59. The summed E-state index contributed by atoms with van der Waals surface area (Å²) in [5, 5.41) is 15.7. The van der Waals surface area contributed by atoms with Gasteiger partial charge in [0.05, 0.1) is 25.8 Å². The zero-order valence-corrected chi connectivity index (χ0v) is 16.8. The number of amides is 1. The first-order valence-electron chi connectivity index (χ1n) is 9.56. The van der Waals surface area contributed by atoms with Crippen LogP contribution in [-0.4, -0.2) is 53.0 Å². The monoisotopic (exact) mass is 396 g/mol.